The third kappa shape index (κ3) is 5.49. The summed E-state index contributed by atoms with van der Waals surface area (Å²) in [7, 11) is 0. The number of carboxylic acid groups (broad SMARTS) is 1. The Morgan fingerprint density at radius 3 is 2.59 bits per heavy atom. The highest BCUT2D eigenvalue weighted by atomic mass is 35.5. The molecule has 0 aliphatic heterocycles. The van der Waals surface area contributed by atoms with Crippen LogP contribution in [0, 0.1) is 11.2 Å². The highest BCUT2D eigenvalue weighted by molar-refractivity contribution is 6.30. The summed E-state index contributed by atoms with van der Waals surface area (Å²) in [5.41, 5.74) is 6.43. The maximum atomic E-state index is 14.2. The molecule has 0 radical (unpaired) electrons. The fraction of sp³-hybridized carbons (Fsp3) is 0.273. The molecular weight excluding hydrogens is 437 g/mol. The number of aromatic nitrogens is 3. The lowest BCUT2D eigenvalue weighted by Crippen LogP contribution is -2.45. The van der Waals surface area contributed by atoms with Crippen molar-refractivity contribution in [1.82, 2.24) is 20.7 Å². The number of benzene rings is 2. The standard InChI is InChI=1S/C22H23ClFN5O3/c1-22(12-25,21(31)32)10-16(27-20(30)19-11-26-29-28-19)8-13-2-4-14(5-3-13)17-9-15(23)6-7-18(17)24/h2-7,9,11,16H,8,10,12,25H2,1H3,(H,27,30)(H,31,32)(H,26,28,29)/t16-,22+/m1/s1. The van der Waals surface area contributed by atoms with Crippen molar-refractivity contribution in [1.29, 1.82) is 0 Å². The highest BCUT2D eigenvalue weighted by Gasteiger charge is 2.35. The molecule has 1 aromatic heterocycles. The number of H-pyrrole nitrogens is 1. The molecule has 8 nitrogen and oxygen atoms in total. The minimum absolute atomic E-state index is 0.0894. The number of amides is 1. The van der Waals surface area contributed by atoms with E-state index in [0.29, 0.717) is 22.6 Å². The van der Waals surface area contributed by atoms with Crippen molar-refractivity contribution in [3.8, 4) is 11.1 Å². The summed E-state index contributed by atoms with van der Waals surface area (Å²) >= 11 is 5.98. The predicted molar refractivity (Wildman–Crippen MR) is 118 cm³/mol. The minimum Gasteiger partial charge on any atom is -0.481 e. The molecule has 0 saturated carbocycles. The molecule has 1 amide bonds. The number of halogens is 2. The Morgan fingerprint density at radius 1 is 1.28 bits per heavy atom. The number of aliphatic carboxylic acids is 1. The molecule has 3 rings (SSSR count). The van der Waals surface area contributed by atoms with E-state index in [9.17, 15) is 19.1 Å². The Labute approximate surface area is 189 Å². The summed E-state index contributed by atoms with van der Waals surface area (Å²) < 4.78 is 14.2. The van der Waals surface area contributed by atoms with Gasteiger partial charge < -0.3 is 16.2 Å². The highest BCUT2D eigenvalue weighted by Crippen LogP contribution is 2.28. The van der Waals surface area contributed by atoms with E-state index in [1.807, 2.05) is 0 Å². The van der Waals surface area contributed by atoms with Gasteiger partial charge in [-0.2, -0.15) is 15.4 Å². The predicted octanol–water partition coefficient (Wildman–Crippen LogP) is 3.04. The Morgan fingerprint density at radius 2 is 2.00 bits per heavy atom. The monoisotopic (exact) mass is 459 g/mol. The lowest BCUT2D eigenvalue weighted by Gasteiger charge is -2.29. The number of carbonyl (C=O) groups excluding carboxylic acids is 1. The number of aromatic amines is 1. The molecule has 0 aliphatic carbocycles. The smallest absolute Gasteiger partial charge is 0.310 e. The number of carbonyl (C=O) groups is 2. The average Bonchev–Trinajstić information content (AvgIpc) is 3.31. The van der Waals surface area contributed by atoms with Crippen molar-refractivity contribution in [3.63, 3.8) is 0 Å². The number of hydrogen-bond donors (Lipinski definition) is 4. The van der Waals surface area contributed by atoms with Gasteiger partial charge >= 0.3 is 5.97 Å². The van der Waals surface area contributed by atoms with E-state index in [4.69, 9.17) is 17.3 Å². The molecule has 168 valence electrons. The van der Waals surface area contributed by atoms with Crippen LogP contribution in [0.1, 0.15) is 29.4 Å². The summed E-state index contributed by atoms with van der Waals surface area (Å²) in [6, 6.07) is 10.9. The number of carboxylic acids is 1. The van der Waals surface area contributed by atoms with Crippen LogP contribution in [0.3, 0.4) is 0 Å². The Kier molecular flexibility index (Phi) is 7.22. The van der Waals surface area contributed by atoms with E-state index in [1.54, 1.807) is 30.3 Å². The van der Waals surface area contributed by atoms with Crippen molar-refractivity contribution in [2.75, 3.05) is 6.54 Å². The quantitative estimate of drug-likeness (QED) is 0.388. The van der Waals surface area contributed by atoms with Crippen LogP contribution in [0.15, 0.2) is 48.7 Å². The van der Waals surface area contributed by atoms with Crippen LogP contribution >= 0.6 is 11.6 Å². The van der Waals surface area contributed by atoms with E-state index < -0.39 is 23.3 Å². The summed E-state index contributed by atoms with van der Waals surface area (Å²) in [6.07, 6.45) is 1.72. The zero-order chi connectivity index (χ0) is 23.3. The zero-order valence-corrected chi connectivity index (χ0v) is 18.1. The SMILES string of the molecule is C[C@@](CN)(C[C@@H](Cc1ccc(-c2cc(Cl)ccc2F)cc1)NC(=O)c1cn[nH]n1)C(=O)O. The first-order chi connectivity index (χ1) is 15.2. The number of nitrogens with two attached hydrogens (primary N) is 1. The molecule has 5 N–H and O–H groups in total. The van der Waals surface area contributed by atoms with Gasteiger partial charge in [-0.1, -0.05) is 35.9 Å². The Bertz CT molecular complexity index is 1090. The first-order valence-corrected chi connectivity index (χ1v) is 10.2. The Balaban J connectivity index is 1.82. The second-order valence-electron chi connectivity index (χ2n) is 7.82. The van der Waals surface area contributed by atoms with E-state index >= 15 is 0 Å². The summed E-state index contributed by atoms with van der Waals surface area (Å²) in [5.74, 6) is -1.92. The summed E-state index contributed by atoms with van der Waals surface area (Å²) in [5, 5.41) is 22.6. The molecule has 32 heavy (non-hydrogen) atoms. The van der Waals surface area contributed by atoms with Gasteiger partial charge in [0.2, 0.25) is 0 Å². The van der Waals surface area contributed by atoms with Crippen LogP contribution in [0.25, 0.3) is 11.1 Å². The molecule has 0 aliphatic rings. The fourth-order valence-electron chi connectivity index (χ4n) is 3.37. The van der Waals surface area contributed by atoms with Gasteiger partial charge in [-0.05, 0) is 49.1 Å². The van der Waals surface area contributed by atoms with Crippen LogP contribution in [0.4, 0.5) is 4.39 Å². The first kappa shape index (κ1) is 23.4. The molecule has 0 bridgehead atoms. The van der Waals surface area contributed by atoms with Gasteiger partial charge in [-0.15, -0.1) is 0 Å². The van der Waals surface area contributed by atoms with Crippen LogP contribution in [-0.4, -0.2) is 45.0 Å². The molecule has 3 aromatic rings. The second kappa shape index (κ2) is 9.88. The number of rotatable bonds is 9. The fourth-order valence-corrected chi connectivity index (χ4v) is 3.54. The third-order valence-corrected chi connectivity index (χ3v) is 5.56. The van der Waals surface area contributed by atoms with Crippen LogP contribution in [0.2, 0.25) is 5.02 Å². The van der Waals surface area contributed by atoms with E-state index in [2.05, 4.69) is 20.7 Å². The number of nitrogens with one attached hydrogen (secondary N) is 2. The van der Waals surface area contributed by atoms with Gasteiger partial charge in [0.15, 0.2) is 5.69 Å². The maximum Gasteiger partial charge on any atom is 0.310 e. The van der Waals surface area contributed by atoms with Crippen molar-refractivity contribution >= 4 is 23.5 Å². The van der Waals surface area contributed by atoms with E-state index in [0.717, 1.165) is 5.56 Å². The van der Waals surface area contributed by atoms with Crippen molar-refractivity contribution in [2.45, 2.75) is 25.8 Å². The minimum atomic E-state index is -1.23. The molecule has 0 spiro atoms. The molecule has 1 heterocycles. The lowest BCUT2D eigenvalue weighted by atomic mass is 9.82. The molecule has 2 atom stereocenters. The zero-order valence-electron chi connectivity index (χ0n) is 17.3. The molecule has 0 unspecified atom stereocenters. The largest absolute Gasteiger partial charge is 0.481 e. The summed E-state index contributed by atoms with van der Waals surface area (Å²) in [4.78, 5) is 24.2. The number of hydrogen-bond acceptors (Lipinski definition) is 5. The van der Waals surface area contributed by atoms with Crippen molar-refractivity contribution in [3.05, 3.63) is 70.8 Å². The normalized spacial score (nSPS) is 13.9. The maximum absolute atomic E-state index is 14.2. The van der Waals surface area contributed by atoms with E-state index in [-0.39, 0.29) is 24.5 Å². The number of nitrogens with zero attached hydrogens (tertiary/aromatic N) is 2. The molecule has 2 aromatic carbocycles. The molecule has 0 saturated heterocycles. The van der Waals surface area contributed by atoms with Gasteiger partial charge in [-0.3, -0.25) is 9.59 Å². The van der Waals surface area contributed by atoms with E-state index in [1.165, 1.54) is 25.3 Å². The van der Waals surface area contributed by atoms with Gasteiger partial charge in [0.05, 0.1) is 11.6 Å². The summed E-state index contributed by atoms with van der Waals surface area (Å²) in [6.45, 7) is 1.45. The average molecular weight is 460 g/mol. The van der Waals surface area contributed by atoms with Gasteiger partial charge in [-0.25, -0.2) is 4.39 Å². The second-order valence-corrected chi connectivity index (χ2v) is 8.26. The lowest BCUT2D eigenvalue weighted by molar-refractivity contribution is -0.148. The molecular formula is C22H23ClFN5O3. The van der Waals surface area contributed by atoms with Crippen LogP contribution < -0.4 is 11.1 Å². The van der Waals surface area contributed by atoms with Crippen LogP contribution in [0.5, 0.6) is 0 Å². The van der Waals surface area contributed by atoms with Crippen molar-refractivity contribution in [2.24, 2.45) is 11.1 Å². The van der Waals surface area contributed by atoms with Crippen LogP contribution in [-0.2, 0) is 11.2 Å². The molecule has 10 heteroatoms. The first-order valence-electron chi connectivity index (χ1n) is 9.86. The van der Waals surface area contributed by atoms with Gasteiger partial charge in [0.1, 0.15) is 5.82 Å². The molecule has 0 fully saturated rings. The van der Waals surface area contributed by atoms with Gasteiger partial charge in [0.25, 0.3) is 5.91 Å². The topological polar surface area (TPSA) is 134 Å². The van der Waals surface area contributed by atoms with Crippen molar-refractivity contribution < 1.29 is 19.1 Å². The van der Waals surface area contributed by atoms with Gasteiger partial charge in [0, 0.05) is 23.2 Å². The Hall–Kier alpha value is -3.30. The third-order valence-electron chi connectivity index (χ3n) is 5.32.